The molecule has 1 unspecified atom stereocenters. The molecule has 2 aromatic rings. The zero-order valence-electron chi connectivity index (χ0n) is 16.5. The van der Waals surface area contributed by atoms with E-state index >= 15 is 0 Å². The van der Waals surface area contributed by atoms with Crippen LogP contribution in [-0.4, -0.2) is 20.9 Å². The first kappa shape index (κ1) is 19.2. The average molecular weight is 399 g/mol. The highest BCUT2D eigenvalue weighted by atomic mass is 32.2. The van der Waals surface area contributed by atoms with Gasteiger partial charge in [0.05, 0.1) is 4.90 Å². The van der Waals surface area contributed by atoms with Gasteiger partial charge in [-0.3, -0.25) is 4.79 Å². The molecule has 1 heterocycles. The highest BCUT2D eigenvalue weighted by Crippen LogP contribution is 2.41. The van der Waals surface area contributed by atoms with E-state index < -0.39 is 10.0 Å². The number of amides is 1. The number of nitrogens with zero attached hydrogens (tertiary/aromatic N) is 1. The number of benzene rings is 2. The van der Waals surface area contributed by atoms with Gasteiger partial charge in [0.1, 0.15) is 0 Å². The maximum Gasteiger partial charge on any atom is 0.241 e. The number of carbonyl (C=O) groups is 1. The largest absolute Gasteiger partial charge is 0.311 e. The second-order valence-corrected chi connectivity index (χ2v) is 10.1. The zero-order chi connectivity index (χ0) is 20.1. The summed E-state index contributed by atoms with van der Waals surface area (Å²) in [6, 6.07) is 12.9. The number of nitrogens with one attached hydrogen (secondary N) is 1. The number of aryl methyl sites for hydroxylation is 1. The average Bonchev–Trinajstić information content (AvgIpc) is 2.93. The molecule has 1 N–H and O–H groups in total. The van der Waals surface area contributed by atoms with Gasteiger partial charge in [-0.1, -0.05) is 38.1 Å². The van der Waals surface area contributed by atoms with Gasteiger partial charge in [0.25, 0.3) is 0 Å². The van der Waals surface area contributed by atoms with Gasteiger partial charge in [-0.05, 0) is 54.2 Å². The Bertz CT molecular complexity index is 1040. The molecule has 0 spiro atoms. The van der Waals surface area contributed by atoms with Crippen LogP contribution in [-0.2, 0) is 26.7 Å². The van der Waals surface area contributed by atoms with Crippen molar-refractivity contribution in [3.05, 3.63) is 59.2 Å². The Labute approximate surface area is 166 Å². The number of hydrogen-bond donors (Lipinski definition) is 1. The van der Waals surface area contributed by atoms with Crippen LogP contribution in [0.25, 0.3) is 0 Å². The molecule has 1 amide bonds. The van der Waals surface area contributed by atoms with E-state index in [0.29, 0.717) is 6.54 Å². The quantitative estimate of drug-likeness (QED) is 0.858. The van der Waals surface area contributed by atoms with Crippen LogP contribution in [0.1, 0.15) is 56.3 Å². The van der Waals surface area contributed by atoms with Gasteiger partial charge in [-0.25, -0.2) is 13.1 Å². The van der Waals surface area contributed by atoms with E-state index in [0.717, 1.165) is 36.1 Å². The van der Waals surface area contributed by atoms with E-state index in [1.807, 2.05) is 32.0 Å². The Hall–Kier alpha value is -2.18. The van der Waals surface area contributed by atoms with Crippen LogP contribution >= 0.6 is 0 Å². The summed E-state index contributed by atoms with van der Waals surface area (Å²) in [6.45, 7) is 6.18. The first-order valence-electron chi connectivity index (χ1n) is 9.72. The monoisotopic (exact) mass is 398 g/mol. The van der Waals surface area contributed by atoms with E-state index in [-0.39, 0.29) is 22.3 Å². The lowest BCUT2D eigenvalue weighted by Crippen LogP contribution is -2.32. The van der Waals surface area contributed by atoms with Gasteiger partial charge in [0.2, 0.25) is 15.9 Å². The van der Waals surface area contributed by atoms with Crippen molar-refractivity contribution < 1.29 is 13.2 Å². The van der Waals surface area contributed by atoms with Crippen molar-refractivity contribution in [2.24, 2.45) is 0 Å². The van der Waals surface area contributed by atoms with E-state index in [4.69, 9.17) is 0 Å². The number of rotatable bonds is 3. The third kappa shape index (κ3) is 3.25. The smallest absolute Gasteiger partial charge is 0.241 e. The Kier molecular flexibility index (Phi) is 4.59. The fourth-order valence-electron chi connectivity index (χ4n) is 4.44. The summed E-state index contributed by atoms with van der Waals surface area (Å²) in [4.78, 5) is 13.9. The molecule has 1 atom stereocenters. The molecule has 0 saturated heterocycles. The molecule has 2 aliphatic rings. The molecule has 0 saturated carbocycles. The SMILES string of the molecule is CC(=O)N1CC(C)(C)c2cc(S(=O)(=O)NC3CCCc4ccccc43)ccc21. The number of carbonyl (C=O) groups excluding carboxylic acids is 1. The van der Waals surface area contributed by atoms with Crippen molar-refractivity contribution in [2.45, 2.75) is 56.4 Å². The summed E-state index contributed by atoms with van der Waals surface area (Å²) >= 11 is 0. The van der Waals surface area contributed by atoms with E-state index in [1.54, 1.807) is 23.1 Å². The van der Waals surface area contributed by atoms with E-state index in [9.17, 15) is 13.2 Å². The van der Waals surface area contributed by atoms with Crippen molar-refractivity contribution >= 4 is 21.6 Å². The first-order valence-corrected chi connectivity index (χ1v) is 11.2. The second-order valence-electron chi connectivity index (χ2n) is 8.43. The topological polar surface area (TPSA) is 66.5 Å². The van der Waals surface area contributed by atoms with Gasteiger partial charge < -0.3 is 4.90 Å². The van der Waals surface area contributed by atoms with Crippen molar-refractivity contribution in [1.29, 1.82) is 0 Å². The molecule has 0 fully saturated rings. The molecule has 6 heteroatoms. The number of fused-ring (bicyclic) bond motifs is 2. The van der Waals surface area contributed by atoms with Crippen LogP contribution < -0.4 is 9.62 Å². The lowest BCUT2D eigenvalue weighted by Gasteiger charge is -2.26. The summed E-state index contributed by atoms with van der Waals surface area (Å²) in [5.41, 5.74) is 3.70. The van der Waals surface area contributed by atoms with Gasteiger partial charge in [-0.2, -0.15) is 0 Å². The van der Waals surface area contributed by atoms with E-state index in [1.165, 1.54) is 12.5 Å². The van der Waals surface area contributed by atoms with Crippen LogP contribution in [0.2, 0.25) is 0 Å². The van der Waals surface area contributed by atoms with Crippen LogP contribution in [0.4, 0.5) is 5.69 Å². The molecule has 0 radical (unpaired) electrons. The third-order valence-electron chi connectivity index (χ3n) is 5.90. The van der Waals surface area contributed by atoms with Gasteiger partial charge in [0.15, 0.2) is 0 Å². The highest BCUT2D eigenvalue weighted by molar-refractivity contribution is 7.89. The van der Waals surface area contributed by atoms with Crippen molar-refractivity contribution in [2.75, 3.05) is 11.4 Å². The minimum atomic E-state index is -3.67. The molecule has 1 aliphatic carbocycles. The van der Waals surface area contributed by atoms with Crippen LogP contribution in [0.5, 0.6) is 0 Å². The van der Waals surface area contributed by atoms with Gasteiger partial charge >= 0.3 is 0 Å². The Balaban J connectivity index is 1.68. The van der Waals surface area contributed by atoms with Crippen molar-refractivity contribution in [3.8, 4) is 0 Å². The Morgan fingerprint density at radius 2 is 1.93 bits per heavy atom. The second kappa shape index (κ2) is 6.71. The molecule has 2 aromatic carbocycles. The molecule has 0 bridgehead atoms. The molecule has 4 rings (SSSR count). The summed E-state index contributed by atoms with van der Waals surface area (Å²) in [6.07, 6.45) is 2.75. The normalized spacial score (nSPS) is 20.5. The number of sulfonamides is 1. The molecule has 0 aromatic heterocycles. The van der Waals surface area contributed by atoms with Crippen molar-refractivity contribution in [3.63, 3.8) is 0 Å². The fourth-order valence-corrected chi connectivity index (χ4v) is 5.71. The molecule has 148 valence electrons. The molecule has 1 aliphatic heterocycles. The van der Waals surface area contributed by atoms with Gasteiger partial charge in [-0.15, -0.1) is 0 Å². The standard InChI is InChI=1S/C22H26N2O3S/c1-15(25)24-14-22(2,3)19-13-17(11-12-21(19)24)28(26,27)23-20-10-6-8-16-7-4-5-9-18(16)20/h4-5,7,9,11-13,20,23H,6,8,10,14H2,1-3H3. The predicted molar refractivity (Wildman–Crippen MR) is 110 cm³/mol. The third-order valence-corrected chi connectivity index (χ3v) is 7.37. The zero-order valence-corrected chi connectivity index (χ0v) is 17.3. The van der Waals surface area contributed by atoms with Gasteiger partial charge in [0, 0.05) is 30.6 Å². The lowest BCUT2D eigenvalue weighted by molar-refractivity contribution is -0.116. The first-order chi connectivity index (χ1) is 13.2. The van der Waals surface area contributed by atoms with Crippen molar-refractivity contribution in [1.82, 2.24) is 4.72 Å². The summed E-state index contributed by atoms with van der Waals surface area (Å²) in [5.74, 6) is -0.0284. The van der Waals surface area contributed by atoms with Crippen LogP contribution in [0.3, 0.4) is 0 Å². The molecular formula is C22H26N2O3S. The maximum absolute atomic E-state index is 13.1. The summed E-state index contributed by atoms with van der Waals surface area (Å²) in [7, 11) is -3.67. The minimum Gasteiger partial charge on any atom is -0.311 e. The Morgan fingerprint density at radius 3 is 2.68 bits per heavy atom. The molecular weight excluding hydrogens is 372 g/mol. The maximum atomic E-state index is 13.1. The number of anilines is 1. The fraction of sp³-hybridized carbons (Fsp3) is 0.409. The highest BCUT2D eigenvalue weighted by Gasteiger charge is 2.38. The van der Waals surface area contributed by atoms with E-state index in [2.05, 4.69) is 10.8 Å². The predicted octanol–water partition coefficient (Wildman–Crippen LogP) is 3.69. The van der Waals surface area contributed by atoms with Crippen LogP contribution in [0.15, 0.2) is 47.4 Å². The number of hydrogen-bond acceptors (Lipinski definition) is 3. The minimum absolute atomic E-state index is 0.0284. The summed E-state index contributed by atoms with van der Waals surface area (Å²) in [5, 5.41) is 0. The lowest BCUT2D eigenvalue weighted by atomic mass is 9.87. The van der Waals surface area contributed by atoms with Crippen LogP contribution in [0, 0.1) is 0 Å². The Morgan fingerprint density at radius 1 is 1.18 bits per heavy atom. The summed E-state index contributed by atoms with van der Waals surface area (Å²) < 4.78 is 29.2. The molecule has 28 heavy (non-hydrogen) atoms. The molecule has 5 nitrogen and oxygen atoms in total.